The molecule has 0 saturated carbocycles. The molecule has 1 nitrogen and oxygen atoms in total. The number of carbonyl (C=O) groups excluding carboxylic acids is 1. The Kier molecular flexibility index (Phi) is 2.87. The molecule has 0 aliphatic carbocycles. The summed E-state index contributed by atoms with van der Waals surface area (Å²) in [5.41, 5.74) is 1.30. The van der Waals surface area contributed by atoms with Crippen LogP contribution in [0.3, 0.4) is 0 Å². The Morgan fingerprint density at radius 2 is 2.00 bits per heavy atom. The molecule has 12 heavy (non-hydrogen) atoms. The van der Waals surface area contributed by atoms with Crippen molar-refractivity contribution in [1.82, 2.24) is 0 Å². The van der Waals surface area contributed by atoms with E-state index in [1.165, 1.54) is 0 Å². The van der Waals surface area contributed by atoms with Crippen molar-refractivity contribution in [2.45, 2.75) is 0 Å². The summed E-state index contributed by atoms with van der Waals surface area (Å²) in [5.74, 6) is 2.29. The number of rotatable bonds is 2. The number of aldehydes is 1. The Labute approximate surface area is 71.7 Å². The Morgan fingerprint density at radius 1 is 1.33 bits per heavy atom. The molecule has 0 heterocycles. The average molecular weight is 156 g/mol. The summed E-state index contributed by atoms with van der Waals surface area (Å²) in [6.07, 6.45) is 7.43. The Hall–Kier alpha value is -1.81. The van der Waals surface area contributed by atoms with Gasteiger partial charge < -0.3 is 0 Å². The lowest BCUT2D eigenvalue weighted by Crippen LogP contribution is -1.79. The van der Waals surface area contributed by atoms with Gasteiger partial charge in [-0.2, -0.15) is 0 Å². The SMILES string of the molecule is C#C/C(C=O)=C\c1ccccc1. The molecule has 0 N–H and O–H groups in total. The second-order valence-corrected chi connectivity index (χ2v) is 2.27. The average Bonchev–Trinajstić information content (AvgIpc) is 2.16. The molecule has 0 bridgehead atoms. The zero-order valence-electron chi connectivity index (χ0n) is 6.53. The van der Waals surface area contributed by atoms with E-state index in [-0.39, 0.29) is 0 Å². The van der Waals surface area contributed by atoms with E-state index in [1.54, 1.807) is 6.08 Å². The van der Waals surface area contributed by atoms with Crippen LogP contribution in [-0.4, -0.2) is 6.29 Å². The predicted octanol–water partition coefficient (Wildman–Crippen LogP) is 1.90. The standard InChI is InChI=1S/C11H8O/c1-2-10(9-12)8-11-6-4-3-5-7-11/h1,3-9H/b10-8+. The van der Waals surface area contributed by atoms with Crippen LogP contribution in [0.4, 0.5) is 0 Å². The zero-order valence-corrected chi connectivity index (χ0v) is 6.53. The summed E-state index contributed by atoms with van der Waals surface area (Å²) >= 11 is 0. The van der Waals surface area contributed by atoms with Gasteiger partial charge in [0.25, 0.3) is 0 Å². The number of hydrogen-bond donors (Lipinski definition) is 0. The maximum atomic E-state index is 10.3. The molecule has 0 fully saturated rings. The highest BCUT2D eigenvalue weighted by atomic mass is 16.1. The first-order valence-electron chi connectivity index (χ1n) is 3.55. The van der Waals surface area contributed by atoms with E-state index in [9.17, 15) is 4.79 Å². The van der Waals surface area contributed by atoms with Gasteiger partial charge in [0.15, 0.2) is 6.29 Å². The number of allylic oxidation sites excluding steroid dienone is 1. The largest absolute Gasteiger partial charge is 0.297 e. The minimum Gasteiger partial charge on any atom is -0.297 e. The van der Waals surface area contributed by atoms with Crippen LogP contribution in [0.1, 0.15) is 5.56 Å². The third kappa shape index (κ3) is 2.10. The fourth-order valence-electron chi connectivity index (χ4n) is 0.839. The lowest BCUT2D eigenvalue weighted by atomic mass is 10.1. The molecule has 0 radical (unpaired) electrons. The summed E-state index contributed by atoms with van der Waals surface area (Å²) < 4.78 is 0. The topological polar surface area (TPSA) is 17.1 Å². The van der Waals surface area contributed by atoms with Crippen LogP contribution < -0.4 is 0 Å². The lowest BCUT2D eigenvalue weighted by Gasteiger charge is -1.90. The van der Waals surface area contributed by atoms with Crippen molar-refractivity contribution in [1.29, 1.82) is 0 Å². The number of terminal acetylenes is 1. The molecule has 58 valence electrons. The molecule has 0 aromatic heterocycles. The van der Waals surface area contributed by atoms with Crippen LogP contribution in [0.25, 0.3) is 6.08 Å². The summed E-state index contributed by atoms with van der Waals surface area (Å²) in [7, 11) is 0. The highest BCUT2D eigenvalue weighted by Gasteiger charge is 1.88. The molecule has 1 aromatic rings. The van der Waals surface area contributed by atoms with Crippen LogP contribution in [0.5, 0.6) is 0 Å². The van der Waals surface area contributed by atoms with Gasteiger partial charge in [-0.1, -0.05) is 36.3 Å². The van der Waals surface area contributed by atoms with Gasteiger partial charge in [-0.05, 0) is 11.6 Å². The Morgan fingerprint density at radius 3 is 2.50 bits per heavy atom. The summed E-state index contributed by atoms with van der Waals surface area (Å²) in [4.78, 5) is 10.3. The van der Waals surface area contributed by atoms with Crippen molar-refractivity contribution >= 4 is 12.4 Å². The maximum absolute atomic E-state index is 10.3. The molecule has 0 aliphatic heterocycles. The highest BCUT2D eigenvalue weighted by Crippen LogP contribution is 2.03. The van der Waals surface area contributed by atoms with E-state index in [0.29, 0.717) is 11.9 Å². The van der Waals surface area contributed by atoms with E-state index in [0.717, 1.165) is 5.56 Å². The van der Waals surface area contributed by atoms with E-state index in [2.05, 4.69) is 5.92 Å². The molecule has 0 amide bonds. The van der Waals surface area contributed by atoms with Crippen molar-refractivity contribution in [2.24, 2.45) is 0 Å². The van der Waals surface area contributed by atoms with Gasteiger partial charge in [0, 0.05) is 0 Å². The van der Waals surface area contributed by atoms with Crippen LogP contribution in [0.2, 0.25) is 0 Å². The van der Waals surface area contributed by atoms with Gasteiger partial charge in [-0.15, -0.1) is 6.42 Å². The molecule has 0 saturated heterocycles. The minimum atomic E-state index is 0.362. The fourth-order valence-corrected chi connectivity index (χ4v) is 0.839. The summed E-state index contributed by atoms with van der Waals surface area (Å²) in [5, 5.41) is 0. The molecule has 1 heteroatoms. The molecular formula is C11H8O. The van der Waals surface area contributed by atoms with Gasteiger partial charge in [0.2, 0.25) is 0 Å². The smallest absolute Gasteiger partial charge is 0.158 e. The fraction of sp³-hybridized carbons (Fsp3) is 0. The van der Waals surface area contributed by atoms with Gasteiger partial charge >= 0.3 is 0 Å². The predicted molar refractivity (Wildman–Crippen MR) is 49.3 cm³/mol. The van der Waals surface area contributed by atoms with Crippen molar-refractivity contribution < 1.29 is 4.79 Å². The first kappa shape index (κ1) is 8.29. The third-order valence-corrected chi connectivity index (χ3v) is 1.42. The Balaban J connectivity index is 2.96. The molecule has 0 atom stereocenters. The summed E-state index contributed by atoms with van der Waals surface area (Å²) in [6, 6.07) is 9.48. The lowest BCUT2D eigenvalue weighted by molar-refractivity contribution is -0.104. The van der Waals surface area contributed by atoms with Crippen LogP contribution in [0, 0.1) is 12.3 Å². The Bertz CT molecular complexity index is 328. The van der Waals surface area contributed by atoms with Crippen LogP contribution in [-0.2, 0) is 4.79 Å². The van der Waals surface area contributed by atoms with Crippen molar-refractivity contribution in [3.05, 3.63) is 41.5 Å². The van der Waals surface area contributed by atoms with Crippen molar-refractivity contribution in [3.63, 3.8) is 0 Å². The van der Waals surface area contributed by atoms with Crippen LogP contribution >= 0.6 is 0 Å². The van der Waals surface area contributed by atoms with E-state index >= 15 is 0 Å². The number of carbonyl (C=O) groups is 1. The molecule has 0 unspecified atom stereocenters. The minimum absolute atomic E-state index is 0.362. The van der Waals surface area contributed by atoms with E-state index in [1.807, 2.05) is 30.3 Å². The normalized spacial score (nSPS) is 10.4. The van der Waals surface area contributed by atoms with Gasteiger partial charge in [-0.25, -0.2) is 0 Å². The quantitative estimate of drug-likeness (QED) is 0.363. The zero-order chi connectivity index (χ0) is 8.81. The molecule has 0 spiro atoms. The summed E-state index contributed by atoms with van der Waals surface area (Å²) in [6.45, 7) is 0. The van der Waals surface area contributed by atoms with E-state index < -0.39 is 0 Å². The third-order valence-electron chi connectivity index (χ3n) is 1.42. The second-order valence-electron chi connectivity index (χ2n) is 2.27. The molecule has 1 rings (SSSR count). The van der Waals surface area contributed by atoms with Gasteiger partial charge in [0.1, 0.15) is 0 Å². The number of hydrogen-bond acceptors (Lipinski definition) is 1. The first-order valence-corrected chi connectivity index (χ1v) is 3.55. The monoisotopic (exact) mass is 156 g/mol. The highest BCUT2D eigenvalue weighted by molar-refractivity contribution is 5.87. The number of benzene rings is 1. The van der Waals surface area contributed by atoms with Crippen molar-refractivity contribution in [3.8, 4) is 12.3 Å². The maximum Gasteiger partial charge on any atom is 0.158 e. The first-order chi connectivity index (χ1) is 5.86. The molecule has 1 aromatic carbocycles. The van der Waals surface area contributed by atoms with E-state index in [4.69, 9.17) is 6.42 Å². The van der Waals surface area contributed by atoms with Crippen molar-refractivity contribution in [2.75, 3.05) is 0 Å². The van der Waals surface area contributed by atoms with Gasteiger partial charge in [-0.3, -0.25) is 4.79 Å². The molecular weight excluding hydrogens is 148 g/mol. The van der Waals surface area contributed by atoms with Gasteiger partial charge in [0.05, 0.1) is 5.57 Å². The van der Waals surface area contributed by atoms with Crippen LogP contribution in [0.15, 0.2) is 35.9 Å². The second kappa shape index (κ2) is 4.15. The molecule has 0 aliphatic rings.